The number of carbonyl (C=O) groups is 6. The van der Waals surface area contributed by atoms with E-state index in [1.165, 1.54) is 0 Å². The molecule has 17 heteroatoms. The summed E-state index contributed by atoms with van der Waals surface area (Å²) in [6.07, 6.45) is 0. The van der Waals surface area contributed by atoms with Gasteiger partial charge in [0.15, 0.2) is 5.78 Å². The van der Waals surface area contributed by atoms with Gasteiger partial charge in [-0.15, -0.1) is 0 Å². The van der Waals surface area contributed by atoms with Crippen LogP contribution < -0.4 is 0 Å². The first-order valence-corrected chi connectivity index (χ1v) is 43.3. The second-order valence-electron chi connectivity index (χ2n) is 33.4. The summed E-state index contributed by atoms with van der Waals surface area (Å²) in [5.41, 5.74) is 26.5. The number of ketones is 1. The monoisotopic (exact) mass is 1750 g/mol. The lowest BCUT2D eigenvalue weighted by atomic mass is 9.87. The van der Waals surface area contributed by atoms with Crippen LogP contribution in [-0.2, 0) is 0 Å². The van der Waals surface area contributed by atoms with E-state index >= 15 is 0 Å². The number of imidazole rings is 2. The fourth-order valence-corrected chi connectivity index (χ4v) is 18.2. The molecule has 0 amide bonds. The third-order valence-electron chi connectivity index (χ3n) is 25.1. The number of aromatic nitrogens is 4. The zero-order valence-electron chi connectivity index (χ0n) is 73.0. The molecule has 0 fully saturated rings. The number of hydrogen-bond donors (Lipinski definition) is 7. The van der Waals surface area contributed by atoms with E-state index in [-0.39, 0.29) is 45.1 Å². The number of Topliss-reactive ketones (excluding diaryl/α,β-unsaturated/α-hetero) is 1. The van der Waals surface area contributed by atoms with Crippen molar-refractivity contribution in [3.63, 3.8) is 0 Å². The van der Waals surface area contributed by atoms with Gasteiger partial charge in [0.05, 0.1) is 61.0 Å². The summed E-state index contributed by atoms with van der Waals surface area (Å²) in [4.78, 5) is 79.6. The van der Waals surface area contributed by atoms with Gasteiger partial charge in [0.25, 0.3) is 0 Å². The third kappa shape index (κ3) is 16.2. The second-order valence-corrected chi connectivity index (χ2v) is 33.4. The van der Waals surface area contributed by atoms with Gasteiger partial charge >= 0.3 is 29.8 Å². The maximum Gasteiger partial charge on any atom is 0.335 e. The quantitative estimate of drug-likeness (QED) is 0.0330. The Hall–Kier alpha value is -18.0. The van der Waals surface area contributed by atoms with Crippen molar-refractivity contribution in [2.24, 2.45) is 0 Å². The van der Waals surface area contributed by atoms with E-state index in [1.807, 2.05) is 188 Å². The second kappa shape index (κ2) is 35.2. The summed E-state index contributed by atoms with van der Waals surface area (Å²) in [5.74, 6) is -3.34. The fourth-order valence-electron chi connectivity index (χ4n) is 18.2. The van der Waals surface area contributed by atoms with Gasteiger partial charge in [-0.3, -0.25) is 13.9 Å². The molecule has 0 spiro atoms. The Morgan fingerprint density at radius 1 is 0.231 bits per heavy atom. The minimum Gasteiger partial charge on any atom is -0.507 e. The lowest BCUT2D eigenvalue weighted by Gasteiger charge is -2.17. The van der Waals surface area contributed by atoms with Crippen molar-refractivity contribution < 1.29 is 64.5 Å². The molecule has 21 aromatic rings. The van der Waals surface area contributed by atoms with E-state index in [0.717, 1.165) is 187 Å². The average molecular weight is 1750 g/mol. The van der Waals surface area contributed by atoms with Crippen LogP contribution in [0.25, 0.3) is 188 Å². The summed E-state index contributed by atoms with van der Waals surface area (Å²) in [5, 5.41) is 79.0. The molecule has 7 N–H and O–H groups in total. The Bertz CT molecular complexity index is 8270. The molecule has 21 rings (SSSR count). The number of phenolic OH excluding ortho intramolecular Hbond substituents is 2. The number of phenols is 2. The standard InChI is InChI=1S/C46H30N2O4.C41H26N2O5.C30H26O4/c1-27(49)28-11-13-29(14-12-28)35-20-22-38-37-21-19-34(30-15-17-31(18-16-30)46(51)52)23-39(37)43-44(40(38)24-35)48(36-9-3-2-4-10-36)45(47-43)41-25-32-7-5-6-8-33(32)26-42(41)50;44-36-9-5-4-8-33(36)39-42-37-34-22-28(24-10-14-26(15-11-24)40(45)46)18-20-31(34)32-21-19-29(25-12-16-27(17-13-25)41(47)48)23-35(32)38(37)43(39)30-6-2-1-3-7-30;1-17-15-27(19(3)13-25(17)21-5-9-23(10-6-21)29(31)32)28-16-18(2)26(14-20(28)4)22-7-11-24(12-8-22)30(33)34/h2-26,50H,1H3,(H,51,52);1-23,44H,(H,45,46)(H,47,48);5-16H,1-4H3,(H,31,32)(H,33,34). The molecular formula is C117H82N4O13. The number of hydrogen-bond acceptors (Lipinski definition) is 10. The van der Waals surface area contributed by atoms with Crippen molar-refractivity contribution in [3.05, 3.63) is 420 Å². The topological polar surface area (TPSA) is 280 Å². The van der Waals surface area contributed by atoms with Crippen LogP contribution in [0.15, 0.2) is 364 Å². The van der Waals surface area contributed by atoms with Gasteiger partial charge < -0.3 is 35.7 Å². The van der Waals surface area contributed by atoms with Gasteiger partial charge in [0.1, 0.15) is 23.1 Å². The molecule has 0 aliphatic rings. The molecule has 0 atom stereocenters. The number of carboxylic acids is 5. The number of carboxylic acid groups (broad SMARTS) is 5. The van der Waals surface area contributed by atoms with E-state index in [0.29, 0.717) is 28.3 Å². The highest BCUT2D eigenvalue weighted by Gasteiger charge is 2.27. The molecular weight excluding hydrogens is 1670 g/mol. The normalized spacial score (nSPS) is 11.3. The molecule has 0 aliphatic carbocycles. The maximum absolute atomic E-state index is 12.0. The van der Waals surface area contributed by atoms with E-state index in [9.17, 15) is 54.3 Å². The largest absolute Gasteiger partial charge is 0.507 e. The molecule has 0 bridgehead atoms. The molecule has 0 saturated carbocycles. The fraction of sp³-hybridized carbons (Fsp3) is 0.0427. The predicted molar refractivity (Wildman–Crippen MR) is 532 cm³/mol. The first-order chi connectivity index (χ1) is 64.9. The SMILES string of the molecule is CC(=O)c1ccc(-c2ccc3c4ccc(-c5ccc(C(=O)O)cc5)cc4c4nc(-c5cc6ccccc6cc5O)n(-c5ccccc5)c4c3c2)cc1.Cc1cc(-c2cc(C)c(-c3ccc(C(=O)O)cc3)cc2C)c(C)cc1-c1ccc(C(=O)O)cc1.O=C(O)c1ccc(-c2ccc3c4ccc(-c5ccc(C(=O)O)cc5)cc4c4c(nc(-c5ccccc5O)n4-c4ccccc4)c3c2)cc1. The van der Waals surface area contributed by atoms with Crippen molar-refractivity contribution in [3.8, 4) is 124 Å². The lowest BCUT2D eigenvalue weighted by molar-refractivity contribution is 0.0686. The zero-order valence-corrected chi connectivity index (χ0v) is 73.0. The smallest absolute Gasteiger partial charge is 0.335 e. The van der Waals surface area contributed by atoms with Crippen molar-refractivity contribution in [1.29, 1.82) is 0 Å². The highest BCUT2D eigenvalue weighted by Crippen LogP contribution is 2.48. The molecule has 2 aromatic heterocycles. The van der Waals surface area contributed by atoms with E-state index in [2.05, 4.69) is 122 Å². The average Bonchev–Trinajstić information content (AvgIpc) is 1.54. The number of para-hydroxylation sites is 3. The number of benzene rings is 19. The Morgan fingerprint density at radius 3 is 0.851 bits per heavy atom. The van der Waals surface area contributed by atoms with Gasteiger partial charge in [-0.2, -0.15) is 0 Å². The summed E-state index contributed by atoms with van der Waals surface area (Å²) in [6.45, 7) is 9.90. The predicted octanol–water partition coefficient (Wildman–Crippen LogP) is 27.8. The van der Waals surface area contributed by atoms with Crippen LogP contribution in [0.4, 0.5) is 0 Å². The molecule has 0 unspecified atom stereocenters. The Morgan fingerprint density at radius 2 is 0.507 bits per heavy atom. The molecule has 648 valence electrons. The van der Waals surface area contributed by atoms with Gasteiger partial charge in [0.2, 0.25) is 0 Å². The molecule has 0 radical (unpaired) electrons. The third-order valence-corrected chi connectivity index (χ3v) is 25.1. The van der Waals surface area contributed by atoms with Gasteiger partial charge in [-0.05, 0) is 301 Å². The molecule has 134 heavy (non-hydrogen) atoms. The number of fused-ring (bicyclic) bond motifs is 13. The van der Waals surface area contributed by atoms with Crippen molar-refractivity contribution in [2.45, 2.75) is 34.6 Å². The van der Waals surface area contributed by atoms with Crippen LogP contribution in [0.3, 0.4) is 0 Å². The summed E-state index contributed by atoms with van der Waals surface area (Å²) in [7, 11) is 0. The van der Waals surface area contributed by atoms with Gasteiger partial charge in [0, 0.05) is 38.5 Å². The molecule has 0 aliphatic heterocycles. The number of carbonyl (C=O) groups excluding carboxylic acids is 1. The lowest BCUT2D eigenvalue weighted by Crippen LogP contribution is -1.98. The minimum atomic E-state index is -0.978. The molecule has 0 saturated heterocycles. The number of aromatic carboxylic acids is 5. The van der Waals surface area contributed by atoms with Crippen LogP contribution >= 0.6 is 0 Å². The minimum absolute atomic E-state index is 0.0201. The van der Waals surface area contributed by atoms with Crippen molar-refractivity contribution >= 4 is 112 Å². The number of nitrogens with zero attached hydrogens (tertiary/aromatic N) is 4. The number of rotatable bonds is 17. The van der Waals surface area contributed by atoms with Crippen LogP contribution in [0.5, 0.6) is 11.5 Å². The Balaban J connectivity index is 0.000000132. The Labute approximate surface area is 768 Å². The highest BCUT2D eigenvalue weighted by molar-refractivity contribution is 6.27. The first-order valence-electron chi connectivity index (χ1n) is 43.3. The Kier molecular flexibility index (Phi) is 22.5. The van der Waals surface area contributed by atoms with E-state index < -0.39 is 29.8 Å². The summed E-state index contributed by atoms with van der Waals surface area (Å²) in [6, 6.07) is 115. The summed E-state index contributed by atoms with van der Waals surface area (Å²) < 4.78 is 4.22. The van der Waals surface area contributed by atoms with E-state index in [4.69, 9.17) is 20.2 Å². The zero-order chi connectivity index (χ0) is 93.0. The molecule has 2 heterocycles. The molecule has 19 aromatic carbocycles. The van der Waals surface area contributed by atoms with Crippen LogP contribution in [0.1, 0.15) is 91.3 Å². The summed E-state index contributed by atoms with van der Waals surface area (Å²) >= 11 is 0. The van der Waals surface area contributed by atoms with E-state index in [1.54, 1.807) is 97.9 Å². The van der Waals surface area contributed by atoms with Gasteiger partial charge in [-0.25, -0.2) is 33.9 Å². The molecule has 17 nitrogen and oxygen atoms in total. The van der Waals surface area contributed by atoms with Crippen LogP contribution in [0, 0.1) is 27.7 Å². The maximum atomic E-state index is 12.0. The van der Waals surface area contributed by atoms with Crippen LogP contribution in [0.2, 0.25) is 0 Å². The number of aryl methyl sites for hydroxylation is 4. The van der Waals surface area contributed by atoms with Crippen LogP contribution in [-0.4, -0.2) is 90.5 Å². The first kappa shape index (κ1) is 85.5. The number of aromatic hydroxyl groups is 2. The van der Waals surface area contributed by atoms with Crippen molar-refractivity contribution in [1.82, 2.24) is 19.1 Å². The van der Waals surface area contributed by atoms with Crippen molar-refractivity contribution in [2.75, 3.05) is 0 Å². The van der Waals surface area contributed by atoms with Gasteiger partial charge in [-0.1, -0.05) is 231 Å². The highest BCUT2D eigenvalue weighted by atomic mass is 16.4.